The van der Waals surface area contributed by atoms with E-state index in [0.717, 1.165) is 11.8 Å². The minimum Gasteiger partial charge on any atom is -0.435 e. The smallest absolute Gasteiger partial charge is 0.435 e. The van der Waals surface area contributed by atoms with Gasteiger partial charge in [-0.25, -0.2) is 4.52 Å². The van der Waals surface area contributed by atoms with Crippen molar-refractivity contribution in [2.24, 2.45) is 0 Å². The molecule has 0 aliphatic heterocycles. The van der Waals surface area contributed by atoms with Gasteiger partial charge in [0.1, 0.15) is 0 Å². The summed E-state index contributed by atoms with van der Waals surface area (Å²) in [6.07, 6.45) is 3.60. The third-order valence-corrected chi connectivity index (χ3v) is 2.05. The van der Waals surface area contributed by atoms with Gasteiger partial charge in [0.25, 0.3) is 0 Å². The Morgan fingerprint density at radius 1 is 1.39 bits per heavy atom. The van der Waals surface area contributed by atoms with E-state index >= 15 is 0 Å². The molecule has 0 aliphatic rings. The molecule has 0 fully saturated rings. The quantitative estimate of drug-likeness (QED) is 0.337. The van der Waals surface area contributed by atoms with Crippen molar-refractivity contribution in [3.05, 3.63) is 24.7 Å². The van der Waals surface area contributed by atoms with Crippen LogP contribution in [0.5, 0.6) is 0 Å². The molecular formula is C10H16Cl2O5P+. The molecular weight excluding hydrogens is 302 g/mol. The van der Waals surface area contributed by atoms with E-state index in [0.29, 0.717) is 24.6 Å². The maximum Gasteiger partial charge on any atom is 0.746 e. The van der Waals surface area contributed by atoms with Gasteiger partial charge in [-0.05, 0) is 18.4 Å². The highest BCUT2D eigenvalue weighted by molar-refractivity contribution is 7.32. The van der Waals surface area contributed by atoms with Crippen LogP contribution in [0.2, 0.25) is 0 Å². The Bertz CT molecular complexity index is 286. The molecule has 0 aromatic heterocycles. The van der Waals surface area contributed by atoms with Gasteiger partial charge in [-0.1, -0.05) is 6.58 Å². The molecule has 18 heavy (non-hydrogen) atoms. The second-order valence-electron chi connectivity index (χ2n) is 2.77. The number of hydrogen-bond donors (Lipinski definition) is 1. The van der Waals surface area contributed by atoms with Gasteiger partial charge in [-0.2, -0.15) is 0 Å². The third-order valence-electron chi connectivity index (χ3n) is 1.39. The molecule has 8 heteroatoms. The molecule has 1 N–H and O–H groups in total. The first-order valence-corrected chi connectivity index (χ1v) is 7.08. The first-order valence-electron chi connectivity index (χ1n) is 4.88. The van der Waals surface area contributed by atoms with Crippen molar-refractivity contribution in [1.82, 2.24) is 0 Å². The fraction of sp³-hybridized carbons (Fsp3) is 0.500. The van der Waals surface area contributed by atoms with Gasteiger partial charge >= 0.3 is 14.2 Å². The van der Waals surface area contributed by atoms with Crippen LogP contribution >= 0.6 is 31.5 Å². The molecule has 0 heterocycles. The Labute approximate surface area is 117 Å². The number of carbonyl (C=O) groups excluding carboxylic acids is 1. The molecule has 1 unspecified atom stereocenters. The summed E-state index contributed by atoms with van der Waals surface area (Å²) in [6.45, 7) is 4.48. The van der Waals surface area contributed by atoms with Crippen molar-refractivity contribution in [2.45, 2.75) is 19.8 Å². The van der Waals surface area contributed by atoms with Crippen molar-refractivity contribution in [3.63, 3.8) is 0 Å². The van der Waals surface area contributed by atoms with Gasteiger partial charge in [0.05, 0.1) is 6.26 Å². The lowest BCUT2D eigenvalue weighted by Crippen LogP contribution is -1.87. The number of rotatable bonds is 7. The zero-order valence-corrected chi connectivity index (χ0v) is 12.4. The summed E-state index contributed by atoms with van der Waals surface area (Å²) in [7, 11) is -2.57. The summed E-state index contributed by atoms with van der Waals surface area (Å²) in [6, 6.07) is 0. The van der Waals surface area contributed by atoms with Crippen molar-refractivity contribution in [3.8, 4) is 0 Å². The van der Waals surface area contributed by atoms with Crippen molar-refractivity contribution in [2.75, 3.05) is 11.8 Å². The van der Waals surface area contributed by atoms with Crippen LogP contribution in [-0.2, 0) is 18.6 Å². The largest absolute Gasteiger partial charge is 0.746 e. The van der Waals surface area contributed by atoms with Gasteiger partial charge in [-0.3, -0.25) is 4.79 Å². The zero-order chi connectivity index (χ0) is 14.4. The molecule has 1 atom stereocenters. The first kappa shape index (κ1) is 19.7. The van der Waals surface area contributed by atoms with Gasteiger partial charge < -0.3 is 4.74 Å². The van der Waals surface area contributed by atoms with Crippen LogP contribution in [0.1, 0.15) is 19.8 Å². The van der Waals surface area contributed by atoms with Crippen molar-refractivity contribution in [1.29, 1.82) is 0 Å². The second kappa shape index (κ2) is 14.5. The molecule has 5 nitrogen and oxygen atoms in total. The van der Waals surface area contributed by atoms with Crippen LogP contribution in [0.3, 0.4) is 0 Å². The van der Waals surface area contributed by atoms with Crippen molar-refractivity contribution >= 4 is 37.4 Å². The lowest BCUT2D eigenvalue weighted by atomic mass is 10.2. The van der Waals surface area contributed by atoms with Gasteiger partial charge in [0.15, 0.2) is 6.26 Å². The minimum absolute atomic E-state index is 0.329. The van der Waals surface area contributed by atoms with E-state index in [1.807, 2.05) is 0 Å². The Morgan fingerprint density at radius 3 is 2.11 bits per heavy atom. The van der Waals surface area contributed by atoms with Gasteiger partial charge in [0.2, 0.25) is 0 Å². The van der Waals surface area contributed by atoms with Gasteiger partial charge in [0, 0.05) is 23.2 Å². The van der Waals surface area contributed by atoms with E-state index in [1.165, 1.54) is 13.2 Å². The highest BCUT2D eigenvalue weighted by atomic mass is 35.5. The minimum atomic E-state index is -2.57. The summed E-state index contributed by atoms with van der Waals surface area (Å²) in [4.78, 5) is 18.1. The number of halogens is 2. The zero-order valence-electron chi connectivity index (χ0n) is 9.97. The molecule has 0 saturated carbocycles. The van der Waals surface area contributed by atoms with Crippen LogP contribution in [0.15, 0.2) is 24.7 Å². The predicted molar refractivity (Wildman–Crippen MR) is 71.6 cm³/mol. The Morgan fingerprint density at radius 2 is 1.89 bits per heavy atom. The molecule has 0 spiro atoms. The maximum absolute atomic E-state index is 10.1. The topological polar surface area (TPSA) is 72.8 Å². The van der Waals surface area contributed by atoms with Crippen LogP contribution in [0.25, 0.3) is 0 Å². The number of esters is 1. The fourth-order valence-electron chi connectivity index (χ4n) is 0.723. The Kier molecular flexibility index (Phi) is 15.8. The molecule has 0 saturated heterocycles. The summed E-state index contributed by atoms with van der Waals surface area (Å²) in [5.41, 5.74) is 0.845. The molecule has 0 amide bonds. The Hall–Kier alpha value is -0.610. The van der Waals surface area contributed by atoms with Crippen LogP contribution in [0.4, 0.5) is 0 Å². The molecule has 0 aromatic carbocycles. The van der Waals surface area contributed by atoms with E-state index in [2.05, 4.69) is 15.8 Å². The number of allylic oxidation sites excluding steroid dienone is 1. The number of ether oxygens (including phenoxy) is 1. The van der Waals surface area contributed by atoms with Crippen LogP contribution in [-0.4, -0.2) is 22.6 Å². The normalized spacial score (nSPS) is 9.44. The maximum atomic E-state index is 10.1. The Balaban J connectivity index is 0. The lowest BCUT2D eigenvalue weighted by molar-refractivity contribution is -0.135. The fourth-order valence-corrected chi connectivity index (χ4v) is 1.45. The second-order valence-corrected chi connectivity index (χ2v) is 4.22. The number of hydrogen-bond acceptors (Lipinski definition) is 4. The first-order chi connectivity index (χ1) is 8.47. The van der Waals surface area contributed by atoms with E-state index in [9.17, 15) is 9.36 Å². The summed E-state index contributed by atoms with van der Waals surface area (Å²) < 4.78 is 18.7. The highest BCUT2D eigenvalue weighted by Gasteiger charge is 2.09. The predicted octanol–water partition coefficient (Wildman–Crippen LogP) is 3.49. The molecule has 0 aliphatic carbocycles. The van der Waals surface area contributed by atoms with E-state index < -0.39 is 8.25 Å². The molecule has 0 radical (unpaired) electrons. The van der Waals surface area contributed by atoms with Crippen LogP contribution in [0, 0.1) is 0 Å². The average Bonchev–Trinajstić information content (AvgIpc) is 2.27. The summed E-state index contributed by atoms with van der Waals surface area (Å²) in [5.74, 6) is 0.577. The SMILES string of the molecule is C=COC(C)=O.O=[P+](O)OC=C(CCCl)CCCl. The van der Waals surface area contributed by atoms with Crippen molar-refractivity contribution < 1.29 is 23.5 Å². The van der Waals surface area contributed by atoms with E-state index in [1.54, 1.807) is 0 Å². The van der Waals surface area contributed by atoms with E-state index in [4.69, 9.17) is 28.1 Å². The van der Waals surface area contributed by atoms with E-state index in [-0.39, 0.29) is 5.97 Å². The molecule has 104 valence electrons. The average molecular weight is 318 g/mol. The van der Waals surface area contributed by atoms with Crippen LogP contribution < -0.4 is 0 Å². The summed E-state index contributed by atoms with van der Waals surface area (Å²) >= 11 is 10.9. The lowest BCUT2D eigenvalue weighted by Gasteiger charge is -1.97. The number of alkyl halides is 2. The molecule has 0 aromatic rings. The molecule has 0 rings (SSSR count). The molecule has 0 bridgehead atoms. The standard InChI is InChI=1S/C6H9Cl2O3P.C4H6O2/c7-3-1-6(2-4-8)5-11-12(9)10;1-3-6-4(2)5/h5H,1-4H2;3H,1H2,2H3/p+1. The third kappa shape index (κ3) is 17.8. The monoisotopic (exact) mass is 317 g/mol. The van der Waals surface area contributed by atoms with Gasteiger partial charge in [-0.15, -0.1) is 28.1 Å². The highest BCUT2D eigenvalue weighted by Crippen LogP contribution is 2.18. The summed E-state index contributed by atoms with van der Waals surface area (Å²) in [5, 5.41) is 0. The number of carbonyl (C=O) groups is 1.